The molecule has 2 aromatic rings. The molecule has 0 unspecified atom stereocenters. The summed E-state index contributed by atoms with van der Waals surface area (Å²) in [5, 5.41) is 13.9. The normalized spacial score (nSPS) is 10.3. The van der Waals surface area contributed by atoms with Crippen molar-refractivity contribution in [1.82, 2.24) is 4.98 Å². The number of benzene rings is 1. The second-order valence-electron chi connectivity index (χ2n) is 4.92. The van der Waals surface area contributed by atoms with Gasteiger partial charge in [-0.25, -0.2) is 4.98 Å². The third kappa shape index (κ3) is 3.10. The fraction of sp³-hybridized carbons (Fsp3) is 0.267. The van der Waals surface area contributed by atoms with Crippen LogP contribution in [0.15, 0.2) is 30.3 Å². The first-order valence-electron chi connectivity index (χ1n) is 6.57. The van der Waals surface area contributed by atoms with Crippen molar-refractivity contribution in [3.8, 4) is 0 Å². The van der Waals surface area contributed by atoms with Gasteiger partial charge in [0.05, 0.1) is 17.1 Å². The Bertz CT molecular complexity index is 685. The summed E-state index contributed by atoms with van der Waals surface area (Å²) in [6, 6.07) is 8.96. The summed E-state index contributed by atoms with van der Waals surface area (Å²) in [5.41, 5.74) is 3.25. The first kappa shape index (κ1) is 14.8. The van der Waals surface area contributed by atoms with Gasteiger partial charge in [0.2, 0.25) is 0 Å². The Hall–Kier alpha value is -2.63. The lowest BCUT2D eigenvalue weighted by Crippen LogP contribution is -2.13. The van der Waals surface area contributed by atoms with Crippen LogP contribution in [-0.4, -0.2) is 24.0 Å². The molecule has 0 atom stereocenters. The highest BCUT2D eigenvalue weighted by molar-refractivity contribution is 5.67. The van der Waals surface area contributed by atoms with Crippen LogP contribution in [0.4, 0.5) is 23.0 Å². The van der Waals surface area contributed by atoms with Gasteiger partial charge in [0, 0.05) is 19.8 Å². The van der Waals surface area contributed by atoms with Gasteiger partial charge < -0.3 is 10.2 Å². The minimum atomic E-state index is -0.415. The average molecular weight is 286 g/mol. The van der Waals surface area contributed by atoms with Crippen LogP contribution >= 0.6 is 0 Å². The van der Waals surface area contributed by atoms with E-state index < -0.39 is 4.92 Å². The molecule has 1 aromatic heterocycles. The minimum absolute atomic E-state index is 0.0148. The smallest absolute Gasteiger partial charge is 0.276 e. The predicted octanol–water partition coefficient (Wildman–Crippen LogP) is 3.42. The highest BCUT2D eigenvalue weighted by Crippen LogP contribution is 2.29. The number of pyridine rings is 1. The van der Waals surface area contributed by atoms with Gasteiger partial charge in [0.15, 0.2) is 0 Å². The van der Waals surface area contributed by atoms with E-state index in [-0.39, 0.29) is 5.69 Å². The summed E-state index contributed by atoms with van der Waals surface area (Å²) in [4.78, 5) is 16.8. The van der Waals surface area contributed by atoms with Gasteiger partial charge in [-0.3, -0.25) is 10.1 Å². The zero-order chi connectivity index (χ0) is 15.6. The van der Waals surface area contributed by atoms with Gasteiger partial charge in [-0.15, -0.1) is 0 Å². The highest BCUT2D eigenvalue weighted by Gasteiger charge is 2.15. The first-order chi connectivity index (χ1) is 9.92. The number of nitro groups is 1. The average Bonchev–Trinajstić information content (AvgIpc) is 2.46. The number of aromatic nitrogens is 1. The van der Waals surface area contributed by atoms with Crippen LogP contribution in [-0.2, 0) is 0 Å². The molecule has 0 spiro atoms. The number of nitrogens with one attached hydrogen (secondary N) is 1. The van der Waals surface area contributed by atoms with Crippen molar-refractivity contribution >= 4 is 23.0 Å². The summed E-state index contributed by atoms with van der Waals surface area (Å²) in [6.45, 7) is 4.04. The van der Waals surface area contributed by atoms with Gasteiger partial charge in [-0.2, -0.15) is 0 Å². The van der Waals surface area contributed by atoms with E-state index >= 15 is 0 Å². The molecule has 0 saturated heterocycles. The van der Waals surface area contributed by atoms with E-state index in [0.29, 0.717) is 11.6 Å². The quantitative estimate of drug-likeness (QED) is 0.688. The first-order valence-corrected chi connectivity index (χ1v) is 6.57. The molecule has 6 nitrogen and oxygen atoms in total. The third-order valence-electron chi connectivity index (χ3n) is 3.32. The molecular formula is C15H18N4O2. The Morgan fingerprint density at radius 1 is 1.24 bits per heavy atom. The highest BCUT2D eigenvalue weighted by atomic mass is 16.6. The SMILES string of the molecule is CNc1cc([N+](=O)[O-])cc(N(C)c2ccc(C)cc2C)n1. The van der Waals surface area contributed by atoms with Crippen molar-refractivity contribution in [2.24, 2.45) is 0 Å². The number of hydrogen-bond acceptors (Lipinski definition) is 5. The maximum absolute atomic E-state index is 11.0. The van der Waals surface area contributed by atoms with E-state index in [9.17, 15) is 10.1 Å². The van der Waals surface area contributed by atoms with E-state index in [2.05, 4.69) is 16.4 Å². The van der Waals surface area contributed by atoms with E-state index in [0.717, 1.165) is 11.3 Å². The molecule has 21 heavy (non-hydrogen) atoms. The molecule has 110 valence electrons. The van der Waals surface area contributed by atoms with Crippen molar-refractivity contribution in [1.29, 1.82) is 0 Å². The van der Waals surface area contributed by atoms with Crippen molar-refractivity contribution in [2.45, 2.75) is 13.8 Å². The third-order valence-corrected chi connectivity index (χ3v) is 3.32. The monoisotopic (exact) mass is 286 g/mol. The Balaban J connectivity index is 2.49. The van der Waals surface area contributed by atoms with Crippen molar-refractivity contribution < 1.29 is 4.92 Å². The van der Waals surface area contributed by atoms with Crippen LogP contribution in [0.25, 0.3) is 0 Å². The van der Waals surface area contributed by atoms with E-state index in [1.165, 1.54) is 17.7 Å². The second-order valence-corrected chi connectivity index (χ2v) is 4.92. The largest absolute Gasteiger partial charge is 0.373 e. The molecule has 0 radical (unpaired) electrons. The lowest BCUT2D eigenvalue weighted by atomic mass is 10.1. The summed E-state index contributed by atoms with van der Waals surface area (Å²) >= 11 is 0. The number of aryl methyl sites for hydroxylation is 2. The topological polar surface area (TPSA) is 71.3 Å². The summed E-state index contributed by atoms with van der Waals surface area (Å²) in [5.74, 6) is 0.997. The fourth-order valence-corrected chi connectivity index (χ4v) is 2.21. The molecule has 1 heterocycles. The molecule has 0 aliphatic rings. The zero-order valence-corrected chi connectivity index (χ0v) is 12.5. The number of anilines is 3. The molecule has 1 aromatic carbocycles. The molecular weight excluding hydrogens is 268 g/mol. The van der Waals surface area contributed by atoms with Crippen LogP contribution in [0.5, 0.6) is 0 Å². The molecule has 0 amide bonds. The van der Waals surface area contributed by atoms with Gasteiger partial charge >= 0.3 is 0 Å². The maximum Gasteiger partial charge on any atom is 0.276 e. The van der Waals surface area contributed by atoms with Crippen LogP contribution in [0.3, 0.4) is 0 Å². The lowest BCUT2D eigenvalue weighted by molar-refractivity contribution is -0.384. The Kier molecular flexibility index (Phi) is 4.07. The Morgan fingerprint density at radius 2 is 1.95 bits per heavy atom. The van der Waals surface area contributed by atoms with Crippen LogP contribution in [0.1, 0.15) is 11.1 Å². The van der Waals surface area contributed by atoms with Crippen LogP contribution in [0, 0.1) is 24.0 Å². The van der Waals surface area contributed by atoms with Gasteiger partial charge in [0.25, 0.3) is 5.69 Å². The molecule has 0 aliphatic carbocycles. The maximum atomic E-state index is 11.0. The summed E-state index contributed by atoms with van der Waals surface area (Å²) < 4.78 is 0. The van der Waals surface area contributed by atoms with E-state index in [1.807, 2.05) is 37.9 Å². The number of nitrogens with zero attached hydrogens (tertiary/aromatic N) is 3. The van der Waals surface area contributed by atoms with Gasteiger partial charge in [0.1, 0.15) is 11.6 Å². The number of rotatable bonds is 4. The second kappa shape index (κ2) is 5.78. The molecule has 0 bridgehead atoms. The van der Waals surface area contributed by atoms with Gasteiger partial charge in [-0.1, -0.05) is 17.7 Å². The zero-order valence-electron chi connectivity index (χ0n) is 12.5. The van der Waals surface area contributed by atoms with Crippen LogP contribution < -0.4 is 10.2 Å². The molecule has 2 rings (SSSR count). The molecule has 0 aliphatic heterocycles. The Morgan fingerprint density at radius 3 is 2.52 bits per heavy atom. The molecule has 6 heteroatoms. The molecule has 1 N–H and O–H groups in total. The Labute approximate surface area is 123 Å². The minimum Gasteiger partial charge on any atom is -0.373 e. The molecule has 0 saturated carbocycles. The van der Waals surface area contributed by atoms with Crippen molar-refractivity contribution in [3.63, 3.8) is 0 Å². The van der Waals surface area contributed by atoms with Crippen LogP contribution in [0.2, 0.25) is 0 Å². The van der Waals surface area contributed by atoms with E-state index in [1.54, 1.807) is 7.05 Å². The van der Waals surface area contributed by atoms with E-state index in [4.69, 9.17) is 0 Å². The number of hydrogen-bond donors (Lipinski definition) is 1. The van der Waals surface area contributed by atoms with Crippen molar-refractivity contribution in [2.75, 3.05) is 24.3 Å². The van der Waals surface area contributed by atoms with Gasteiger partial charge in [-0.05, 0) is 25.5 Å². The van der Waals surface area contributed by atoms with Crippen molar-refractivity contribution in [3.05, 3.63) is 51.6 Å². The summed E-state index contributed by atoms with van der Waals surface area (Å²) in [7, 11) is 3.54. The summed E-state index contributed by atoms with van der Waals surface area (Å²) in [6.07, 6.45) is 0. The standard InChI is InChI=1S/C15H18N4O2/c1-10-5-6-13(11(2)7-10)18(4)15-9-12(19(20)21)8-14(16-3)17-15/h5-9H,1-4H3,(H,16,17). The predicted molar refractivity (Wildman–Crippen MR) is 84.4 cm³/mol. The molecule has 0 fully saturated rings. The lowest BCUT2D eigenvalue weighted by Gasteiger charge is -2.21. The fourth-order valence-electron chi connectivity index (χ4n) is 2.21.